The number of hydrogen-bond acceptors (Lipinski definition) is 4. The van der Waals surface area contributed by atoms with Crippen LogP contribution in [0.15, 0.2) is 47.1 Å². The molecule has 3 aliphatic heterocycles. The van der Waals surface area contributed by atoms with E-state index in [1.807, 2.05) is 13.0 Å². The van der Waals surface area contributed by atoms with Crippen LogP contribution in [-0.4, -0.2) is 56.4 Å². The molecule has 28 heavy (non-hydrogen) atoms. The quantitative estimate of drug-likeness (QED) is 0.652. The summed E-state index contributed by atoms with van der Waals surface area (Å²) in [6.07, 6.45) is 6.93. The number of benzene rings is 1. The number of fused-ring (bicyclic) bond motifs is 3. The van der Waals surface area contributed by atoms with E-state index in [-0.39, 0.29) is 0 Å². The number of nitrogens with zero attached hydrogens (tertiary/aromatic N) is 4. The van der Waals surface area contributed by atoms with Gasteiger partial charge in [0.2, 0.25) is 0 Å². The SMILES string of the molecule is C=C(Cl)C(CCCN1CCC2C(C1)c1cccc3c1N2CCN3C)=N/C=C\C. The zero-order valence-electron chi connectivity index (χ0n) is 17.1. The van der Waals surface area contributed by atoms with E-state index >= 15 is 0 Å². The van der Waals surface area contributed by atoms with Gasteiger partial charge in [-0.05, 0) is 44.4 Å². The molecule has 4 nitrogen and oxygen atoms in total. The summed E-state index contributed by atoms with van der Waals surface area (Å²) in [5.74, 6) is 0.634. The van der Waals surface area contributed by atoms with Crippen LogP contribution in [0, 0.1) is 0 Å². The monoisotopic (exact) mass is 398 g/mol. The Morgan fingerprint density at radius 3 is 2.96 bits per heavy atom. The van der Waals surface area contributed by atoms with Gasteiger partial charge < -0.3 is 14.7 Å². The summed E-state index contributed by atoms with van der Waals surface area (Å²) in [5, 5.41) is 0.562. The fraction of sp³-hybridized carbons (Fsp3) is 0.522. The van der Waals surface area contributed by atoms with Gasteiger partial charge in [0.25, 0.3) is 0 Å². The normalized spacial score (nSPS) is 24.6. The Balaban J connectivity index is 1.42. The van der Waals surface area contributed by atoms with Crippen LogP contribution in [-0.2, 0) is 0 Å². The molecule has 2 atom stereocenters. The van der Waals surface area contributed by atoms with E-state index in [9.17, 15) is 0 Å². The molecular weight excluding hydrogens is 368 g/mol. The molecule has 3 heterocycles. The van der Waals surface area contributed by atoms with E-state index in [0.29, 0.717) is 17.0 Å². The van der Waals surface area contributed by atoms with Crippen molar-refractivity contribution in [3.8, 4) is 0 Å². The Morgan fingerprint density at radius 1 is 1.32 bits per heavy atom. The zero-order valence-corrected chi connectivity index (χ0v) is 17.8. The summed E-state index contributed by atoms with van der Waals surface area (Å²) < 4.78 is 0. The molecule has 2 unspecified atom stereocenters. The highest BCUT2D eigenvalue weighted by Crippen LogP contribution is 2.50. The molecule has 0 aromatic heterocycles. The Labute approximate surface area is 174 Å². The van der Waals surface area contributed by atoms with Crippen LogP contribution in [0.2, 0.25) is 0 Å². The van der Waals surface area contributed by atoms with Gasteiger partial charge in [-0.2, -0.15) is 0 Å². The first kappa shape index (κ1) is 19.5. The number of para-hydroxylation sites is 1. The standard InChI is InChI=1S/C23H31ClN4/c1-4-11-25-20(17(2)24)8-6-12-27-13-10-21-19(16-27)18-7-5-9-22-23(18)28(21)15-14-26(22)3/h4-5,7,9,11,19,21H,2,6,8,10,12-16H2,1,3H3/b11-4-,25-20?. The Bertz CT molecular complexity index is 800. The van der Waals surface area contributed by atoms with Gasteiger partial charge in [0.1, 0.15) is 0 Å². The van der Waals surface area contributed by atoms with Crippen molar-refractivity contribution in [1.29, 1.82) is 0 Å². The second-order valence-corrected chi connectivity index (χ2v) is 8.62. The lowest BCUT2D eigenvalue weighted by atomic mass is 9.89. The Kier molecular flexibility index (Phi) is 5.79. The van der Waals surface area contributed by atoms with Gasteiger partial charge >= 0.3 is 0 Å². The highest BCUT2D eigenvalue weighted by atomic mass is 35.5. The van der Waals surface area contributed by atoms with Crippen LogP contribution >= 0.6 is 11.6 Å². The largest absolute Gasteiger partial charge is 0.371 e. The molecule has 0 N–H and O–H groups in total. The van der Waals surface area contributed by atoms with E-state index in [0.717, 1.165) is 44.7 Å². The summed E-state index contributed by atoms with van der Waals surface area (Å²) >= 11 is 6.11. The van der Waals surface area contributed by atoms with Crippen LogP contribution in [0.4, 0.5) is 11.4 Å². The van der Waals surface area contributed by atoms with E-state index in [1.165, 1.54) is 24.3 Å². The highest BCUT2D eigenvalue weighted by molar-refractivity contribution is 6.43. The number of aliphatic imine (C=N–C) groups is 1. The smallest absolute Gasteiger partial charge is 0.0644 e. The second kappa shape index (κ2) is 8.30. The zero-order chi connectivity index (χ0) is 19.7. The van der Waals surface area contributed by atoms with Gasteiger partial charge in [0.15, 0.2) is 0 Å². The van der Waals surface area contributed by atoms with E-state index < -0.39 is 0 Å². The van der Waals surface area contributed by atoms with Gasteiger partial charge in [0, 0.05) is 51.4 Å². The van der Waals surface area contributed by atoms with Crippen LogP contribution < -0.4 is 9.80 Å². The lowest BCUT2D eigenvalue weighted by Gasteiger charge is -2.41. The van der Waals surface area contributed by atoms with Gasteiger partial charge in [-0.15, -0.1) is 0 Å². The van der Waals surface area contributed by atoms with Crippen LogP contribution in [0.5, 0.6) is 0 Å². The predicted molar refractivity (Wildman–Crippen MR) is 121 cm³/mol. The lowest BCUT2D eigenvalue weighted by Crippen LogP contribution is -2.49. The maximum absolute atomic E-state index is 6.11. The fourth-order valence-corrected chi connectivity index (χ4v) is 5.23. The van der Waals surface area contributed by atoms with Crippen molar-refractivity contribution < 1.29 is 0 Å². The average Bonchev–Trinajstić information content (AvgIpc) is 3.01. The molecule has 1 aromatic rings. The molecular formula is C23H31ClN4. The van der Waals surface area contributed by atoms with Crippen molar-refractivity contribution in [2.75, 3.05) is 49.6 Å². The molecule has 0 radical (unpaired) electrons. The number of allylic oxidation sites excluding steroid dienone is 2. The van der Waals surface area contributed by atoms with Crippen molar-refractivity contribution in [3.63, 3.8) is 0 Å². The maximum atomic E-state index is 6.11. The number of likely N-dealkylation sites (tertiary alicyclic amines) is 1. The molecule has 0 saturated carbocycles. The van der Waals surface area contributed by atoms with Crippen LogP contribution in [0.3, 0.4) is 0 Å². The molecule has 150 valence electrons. The molecule has 0 bridgehead atoms. The maximum Gasteiger partial charge on any atom is 0.0644 e. The van der Waals surface area contributed by atoms with Crippen molar-refractivity contribution in [2.45, 2.75) is 38.1 Å². The van der Waals surface area contributed by atoms with Crippen molar-refractivity contribution in [2.24, 2.45) is 4.99 Å². The molecule has 0 spiro atoms. The highest BCUT2D eigenvalue weighted by Gasteiger charge is 2.44. The first-order chi connectivity index (χ1) is 13.6. The topological polar surface area (TPSA) is 22.1 Å². The number of anilines is 2. The molecule has 1 aromatic carbocycles. The fourth-order valence-electron chi connectivity index (χ4n) is 5.08. The number of likely N-dealkylation sites (N-methyl/N-ethyl adjacent to an activating group) is 1. The number of halogens is 1. The molecule has 1 fully saturated rings. The van der Waals surface area contributed by atoms with Crippen molar-refractivity contribution in [1.82, 2.24) is 4.90 Å². The third kappa shape index (κ3) is 3.60. The molecule has 0 amide bonds. The summed E-state index contributed by atoms with van der Waals surface area (Å²) in [7, 11) is 2.22. The molecule has 3 aliphatic rings. The molecule has 1 saturated heterocycles. The number of piperidine rings is 1. The van der Waals surface area contributed by atoms with Gasteiger partial charge in [-0.3, -0.25) is 4.99 Å². The van der Waals surface area contributed by atoms with Gasteiger partial charge in [-0.1, -0.05) is 36.4 Å². The second-order valence-electron chi connectivity index (χ2n) is 8.16. The summed E-state index contributed by atoms with van der Waals surface area (Å²) in [6.45, 7) is 11.5. The minimum atomic E-state index is 0.562. The number of rotatable bonds is 6. The van der Waals surface area contributed by atoms with Gasteiger partial charge in [0.05, 0.1) is 22.1 Å². The minimum Gasteiger partial charge on any atom is -0.371 e. The van der Waals surface area contributed by atoms with Crippen LogP contribution in [0.25, 0.3) is 0 Å². The summed E-state index contributed by atoms with van der Waals surface area (Å²) in [4.78, 5) is 12.2. The first-order valence-electron chi connectivity index (χ1n) is 10.5. The molecule has 0 aliphatic carbocycles. The van der Waals surface area contributed by atoms with Gasteiger partial charge in [-0.25, -0.2) is 0 Å². The Hall–Kier alpha value is -1.78. The third-order valence-electron chi connectivity index (χ3n) is 6.46. The van der Waals surface area contributed by atoms with E-state index in [2.05, 4.69) is 51.5 Å². The van der Waals surface area contributed by atoms with Crippen molar-refractivity contribution in [3.05, 3.63) is 47.6 Å². The molecule has 5 heteroatoms. The lowest BCUT2D eigenvalue weighted by molar-refractivity contribution is 0.192. The first-order valence-corrected chi connectivity index (χ1v) is 10.8. The minimum absolute atomic E-state index is 0.562. The van der Waals surface area contributed by atoms with E-state index in [1.54, 1.807) is 11.8 Å². The van der Waals surface area contributed by atoms with Crippen molar-refractivity contribution >= 4 is 28.7 Å². The van der Waals surface area contributed by atoms with Crippen LogP contribution in [0.1, 0.15) is 37.7 Å². The predicted octanol–water partition coefficient (Wildman–Crippen LogP) is 4.62. The summed E-state index contributed by atoms with van der Waals surface area (Å²) in [6, 6.07) is 7.56. The average molecular weight is 399 g/mol. The molecule has 4 rings (SSSR count). The third-order valence-corrected chi connectivity index (χ3v) is 6.68. The summed E-state index contributed by atoms with van der Waals surface area (Å²) in [5.41, 5.74) is 5.39. The van der Waals surface area contributed by atoms with E-state index in [4.69, 9.17) is 11.6 Å². The number of hydrogen-bond donors (Lipinski definition) is 0. The Morgan fingerprint density at radius 2 is 2.18 bits per heavy atom.